The molecule has 0 aromatic heterocycles. The van der Waals surface area contributed by atoms with Gasteiger partial charge in [-0.3, -0.25) is 0 Å². The van der Waals surface area contributed by atoms with E-state index >= 15 is 0 Å². The SMILES string of the molecule is CCOc1ccc(F)c(Cl)c1C(O)CN. The van der Waals surface area contributed by atoms with Crippen LogP contribution < -0.4 is 10.5 Å². The molecule has 3 N–H and O–H groups in total. The summed E-state index contributed by atoms with van der Waals surface area (Å²) < 4.78 is 18.4. The van der Waals surface area contributed by atoms with Gasteiger partial charge in [-0.15, -0.1) is 0 Å². The lowest BCUT2D eigenvalue weighted by Gasteiger charge is -2.16. The van der Waals surface area contributed by atoms with Crippen molar-refractivity contribution in [2.24, 2.45) is 5.73 Å². The summed E-state index contributed by atoms with van der Waals surface area (Å²) in [5.74, 6) is -0.232. The fourth-order valence-corrected chi connectivity index (χ4v) is 1.54. The number of halogens is 2. The predicted molar refractivity (Wildman–Crippen MR) is 56.6 cm³/mol. The molecule has 15 heavy (non-hydrogen) atoms. The van der Waals surface area contributed by atoms with Crippen LogP contribution in [0.15, 0.2) is 12.1 Å². The van der Waals surface area contributed by atoms with Crippen molar-refractivity contribution >= 4 is 11.6 Å². The van der Waals surface area contributed by atoms with Gasteiger partial charge < -0.3 is 15.6 Å². The van der Waals surface area contributed by atoms with Gasteiger partial charge in [0.2, 0.25) is 0 Å². The first-order valence-corrected chi connectivity index (χ1v) is 4.98. The molecule has 0 amide bonds. The lowest BCUT2D eigenvalue weighted by atomic mass is 10.1. The van der Waals surface area contributed by atoms with Gasteiger partial charge in [0.05, 0.1) is 17.7 Å². The maximum atomic E-state index is 13.2. The summed E-state index contributed by atoms with van der Waals surface area (Å²) >= 11 is 5.74. The van der Waals surface area contributed by atoms with E-state index in [-0.39, 0.29) is 17.1 Å². The Balaban J connectivity index is 3.21. The van der Waals surface area contributed by atoms with Crippen molar-refractivity contribution in [1.82, 2.24) is 0 Å². The van der Waals surface area contributed by atoms with Crippen LogP contribution in [0.4, 0.5) is 4.39 Å². The average molecular weight is 234 g/mol. The van der Waals surface area contributed by atoms with Gasteiger partial charge in [-0.05, 0) is 19.1 Å². The van der Waals surface area contributed by atoms with Crippen LogP contribution in [0.1, 0.15) is 18.6 Å². The summed E-state index contributed by atoms with van der Waals surface area (Å²) in [6.07, 6.45) is -1.02. The summed E-state index contributed by atoms with van der Waals surface area (Å²) in [6.45, 7) is 2.16. The van der Waals surface area contributed by atoms with Crippen molar-refractivity contribution in [3.63, 3.8) is 0 Å². The first-order chi connectivity index (χ1) is 7.11. The van der Waals surface area contributed by atoms with Crippen molar-refractivity contribution in [2.45, 2.75) is 13.0 Å². The second kappa shape index (κ2) is 5.30. The number of benzene rings is 1. The Morgan fingerprint density at radius 1 is 1.60 bits per heavy atom. The van der Waals surface area contributed by atoms with Crippen LogP contribution in [-0.2, 0) is 0 Å². The van der Waals surface area contributed by atoms with E-state index in [2.05, 4.69) is 0 Å². The Labute approximate surface area is 92.6 Å². The Kier molecular flexibility index (Phi) is 4.32. The third-order valence-corrected chi connectivity index (χ3v) is 2.33. The summed E-state index contributed by atoms with van der Waals surface area (Å²) in [4.78, 5) is 0. The zero-order valence-electron chi connectivity index (χ0n) is 8.34. The van der Waals surface area contributed by atoms with Crippen molar-refractivity contribution < 1.29 is 14.2 Å². The number of hydrogen-bond donors (Lipinski definition) is 2. The number of ether oxygens (including phenoxy) is 1. The molecule has 1 aromatic rings. The topological polar surface area (TPSA) is 55.5 Å². The van der Waals surface area contributed by atoms with E-state index in [9.17, 15) is 9.50 Å². The van der Waals surface area contributed by atoms with Crippen molar-refractivity contribution in [3.05, 3.63) is 28.5 Å². The fourth-order valence-electron chi connectivity index (χ4n) is 1.26. The van der Waals surface area contributed by atoms with E-state index in [0.29, 0.717) is 12.4 Å². The normalized spacial score (nSPS) is 12.6. The summed E-state index contributed by atoms with van der Waals surface area (Å²) in [6, 6.07) is 2.62. The van der Waals surface area contributed by atoms with Gasteiger partial charge >= 0.3 is 0 Å². The third kappa shape index (κ3) is 2.59. The molecule has 0 radical (unpaired) electrons. The quantitative estimate of drug-likeness (QED) is 0.835. The molecule has 1 unspecified atom stereocenters. The minimum absolute atomic E-state index is 0.0384. The van der Waals surface area contributed by atoms with E-state index in [1.54, 1.807) is 6.92 Å². The zero-order valence-corrected chi connectivity index (χ0v) is 9.09. The summed E-state index contributed by atoms with van der Waals surface area (Å²) in [5.41, 5.74) is 5.51. The number of rotatable bonds is 4. The van der Waals surface area contributed by atoms with Gasteiger partial charge in [-0.25, -0.2) is 4.39 Å². The molecule has 0 bridgehead atoms. The van der Waals surface area contributed by atoms with Gasteiger partial charge in [0.1, 0.15) is 11.6 Å². The molecule has 1 rings (SSSR count). The molecule has 84 valence electrons. The predicted octanol–water partition coefficient (Wildman–Crippen LogP) is 1.87. The first-order valence-electron chi connectivity index (χ1n) is 4.60. The Morgan fingerprint density at radius 3 is 2.80 bits per heavy atom. The second-order valence-electron chi connectivity index (χ2n) is 2.96. The largest absolute Gasteiger partial charge is 0.493 e. The molecule has 3 nitrogen and oxygen atoms in total. The molecule has 1 atom stereocenters. The van der Waals surface area contributed by atoms with Crippen LogP contribution in [0.3, 0.4) is 0 Å². The molecule has 0 aliphatic heterocycles. The molecule has 0 spiro atoms. The molecule has 1 aromatic carbocycles. The highest BCUT2D eigenvalue weighted by Crippen LogP contribution is 2.33. The number of aliphatic hydroxyl groups excluding tert-OH is 1. The minimum atomic E-state index is -1.02. The second-order valence-corrected chi connectivity index (χ2v) is 3.34. The van der Waals surface area contributed by atoms with Crippen molar-refractivity contribution in [1.29, 1.82) is 0 Å². The molecule has 0 aliphatic carbocycles. The van der Waals surface area contributed by atoms with E-state index < -0.39 is 11.9 Å². The van der Waals surface area contributed by atoms with Crippen molar-refractivity contribution in [3.8, 4) is 5.75 Å². The fraction of sp³-hybridized carbons (Fsp3) is 0.400. The van der Waals surface area contributed by atoms with Crippen LogP contribution in [0.5, 0.6) is 5.75 Å². The average Bonchev–Trinajstić information content (AvgIpc) is 2.23. The monoisotopic (exact) mass is 233 g/mol. The third-order valence-electron chi connectivity index (χ3n) is 1.95. The van der Waals surface area contributed by atoms with Crippen LogP contribution >= 0.6 is 11.6 Å². The van der Waals surface area contributed by atoms with E-state index in [1.165, 1.54) is 12.1 Å². The molecular formula is C10H13ClFNO2. The van der Waals surface area contributed by atoms with E-state index in [0.717, 1.165) is 0 Å². The Morgan fingerprint density at radius 2 is 2.27 bits per heavy atom. The van der Waals surface area contributed by atoms with Crippen molar-refractivity contribution in [2.75, 3.05) is 13.2 Å². The summed E-state index contributed by atoms with van der Waals surface area (Å²) in [5, 5.41) is 9.45. The van der Waals surface area contributed by atoms with Crippen LogP contribution in [0.25, 0.3) is 0 Å². The van der Waals surface area contributed by atoms with Gasteiger partial charge in [0, 0.05) is 12.1 Å². The minimum Gasteiger partial charge on any atom is -0.493 e. The number of hydrogen-bond acceptors (Lipinski definition) is 3. The highest BCUT2D eigenvalue weighted by molar-refractivity contribution is 6.31. The first kappa shape index (κ1) is 12.2. The molecule has 0 aliphatic rings. The highest BCUT2D eigenvalue weighted by atomic mass is 35.5. The number of aliphatic hydroxyl groups is 1. The molecule has 0 heterocycles. The standard InChI is InChI=1S/C10H13ClFNO2/c1-2-15-8-4-3-6(12)10(11)9(8)7(14)5-13/h3-4,7,14H,2,5,13H2,1H3. The van der Waals surface area contributed by atoms with Crippen LogP contribution in [0, 0.1) is 5.82 Å². The van der Waals surface area contributed by atoms with Gasteiger partial charge in [0.25, 0.3) is 0 Å². The maximum Gasteiger partial charge on any atom is 0.142 e. The Hall–Kier alpha value is -0.840. The zero-order chi connectivity index (χ0) is 11.4. The molecule has 5 heteroatoms. The lowest BCUT2D eigenvalue weighted by Crippen LogP contribution is -2.14. The lowest BCUT2D eigenvalue weighted by molar-refractivity contribution is 0.180. The van der Waals surface area contributed by atoms with Crippen LogP contribution in [0.2, 0.25) is 5.02 Å². The van der Waals surface area contributed by atoms with Gasteiger partial charge in [-0.1, -0.05) is 11.6 Å². The summed E-state index contributed by atoms with van der Waals surface area (Å²) in [7, 11) is 0. The van der Waals surface area contributed by atoms with Gasteiger partial charge in [-0.2, -0.15) is 0 Å². The van der Waals surface area contributed by atoms with E-state index in [4.69, 9.17) is 22.1 Å². The number of nitrogens with two attached hydrogens (primary N) is 1. The smallest absolute Gasteiger partial charge is 0.142 e. The van der Waals surface area contributed by atoms with E-state index in [1.807, 2.05) is 0 Å². The highest BCUT2D eigenvalue weighted by Gasteiger charge is 2.19. The Bertz CT molecular complexity index is 346. The van der Waals surface area contributed by atoms with Crippen LogP contribution in [-0.4, -0.2) is 18.3 Å². The molecule has 0 fully saturated rings. The molecule has 0 saturated carbocycles. The van der Waals surface area contributed by atoms with Gasteiger partial charge in [0.15, 0.2) is 0 Å². The maximum absolute atomic E-state index is 13.2. The molecular weight excluding hydrogens is 221 g/mol. The molecule has 0 saturated heterocycles.